The van der Waals surface area contributed by atoms with Crippen LogP contribution in [-0.4, -0.2) is 5.78 Å². The van der Waals surface area contributed by atoms with Gasteiger partial charge >= 0.3 is 0 Å². The van der Waals surface area contributed by atoms with Gasteiger partial charge < -0.3 is 0 Å². The molecule has 0 fully saturated rings. The van der Waals surface area contributed by atoms with Gasteiger partial charge in [0.1, 0.15) is 5.78 Å². The second-order valence-electron chi connectivity index (χ2n) is 1.94. The van der Waals surface area contributed by atoms with Crippen molar-refractivity contribution in [1.29, 1.82) is 0 Å². The van der Waals surface area contributed by atoms with Crippen LogP contribution in [0.25, 0.3) is 0 Å². The summed E-state index contributed by atoms with van der Waals surface area (Å²) in [7, 11) is 0. The maximum atomic E-state index is 10.6. The molecule has 43 valence electrons. The van der Waals surface area contributed by atoms with Crippen LogP contribution < -0.4 is 0 Å². The van der Waals surface area contributed by atoms with Gasteiger partial charge in [-0.2, -0.15) is 0 Å². The number of hydrogen-bond acceptors (Lipinski definition) is 1. The number of hydrogen-bond donors (Lipinski definition) is 0. The van der Waals surface area contributed by atoms with E-state index in [9.17, 15) is 4.79 Å². The van der Waals surface area contributed by atoms with Crippen molar-refractivity contribution >= 4 is 5.78 Å². The van der Waals surface area contributed by atoms with E-state index >= 15 is 0 Å². The van der Waals surface area contributed by atoms with Crippen molar-refractivity contribution in [3.05, 3.63) is 18.6 Å². The average molecular weight is 109 g/mol. The summed E-state index contributed by atoms with van der Waals surface area (Å²) in [6, 6.07) is 0. The van der Waals surface area contributed by atoms with Gasteiger partial charge in [-0.3, -0.25) is 4.79 Å². The highest BCUT2D eigenvalue weighted by atomic mass is 16.1. The van der Waals surface area contributed by atoms with Crippen molar-refractivity contribution in [3.63, 3.8) is 0 Å². The van der Waals surface area contributed by atoms with E-state index in [0.29, 0.717) is 18.6 Å². The molecule has 0 bridgehead atoms. The van der Waals surface area contributed by atoms with Crippen LogP contribution >= 0.6 is 0 Å². The van der Waals surface area contributed by atoms with E-state index in [4.69, 9.17) is 0 Å². The van der Waals surface area contributed by atoms with Gasteiger partial charge in [0.2, 0.25) is 0 Å². The molecule has 0 aliphatic heterocycles. The lowest BCUT2D eigenvalue weighted by atomic mass is 10.2. The second kappa shape index (κ2) is 2.65. The van der Waals surface area contributed by atoms with Gasteiger partial charge in [-0.15, -0.1) is 0 Å². The van der Waals surface area contributed by atoms with Crippen LogP contribution in [-0.2, 0) is 4.79 Å². The first-order valence-electron chi connectivity index (χ1n) is 2.88. The zero-order chi connectivity index (χ0) is 5.82. The lowest BCUT2D eigenvalue weighted by Gasteiger charge is -1.86. The van der Waals surface area contributed by atoms with Gasteiger partial charge in [0.15, 0.2) is 0 Å². The fourth-order valence-electron chi connectivity index (χ4n) is 0.735. The molecule has 1 rings (SSSR count). The number of rotatable bonds is 0. The van der Waals surface area contributed by atoms with E-state index in [2.05, 4.69) is 0 Å². The highest BCUT2D eigenvalue weighted by Crippen LogP contribution is 2.04. The molecule has 0 atom stereocenters. The van der Waals surface area contributed by atoms with E-state index in [0.717, 1.165) is 6.42 Å². The zero-order valence-electron chi connectivity index (χ0n) is 4.76. The van der Waals surface area contributed by atoms with E-state index in [1.165, 1.54) is 0 Å². The predicted molar refractivity (Wildman–Crippen MR) is 32.3 cm³/mol. The van der Waals surface area contributed by atoms with Gasteiger partial charge in [-0.05, 0) is 12.8 Å². The van der Waals surface area contributed by atoms with Crippen molar-refractivity contribution in [2.45, 2.75) is 19.3 Å². The normalized spacial score (nSPS) is 20.8. The van der Waals surface area contributed by atoms with Crippen molar-refractivity contribution in [2.75, 3.05) is 0 Å². The molecule has 0 aromatic rings. The topological polar surface area (TPSA) is 17.1 Å². The van der Waals surface area contributed by atoms with Gasteiger partial charge in [-0.25, -0.2) is 0 Å². The Labute approximate surface area is 49.4 Å². The maximum Gasteiger partial charge on any atom is 0.136 e. The summed E-state index contributed by atoms with van der Waals surface area (Å²) < 4.78 is 0. The molecule has 1 aliphatic rings. The van der Waals surface area contributed by atoms with Crippen LogP contribution in [0.3, 0.4) is 0 Å². The lowest BCUT2D eigenvalue weighted by Crippen LogP contribution is -1.91. The largest absolute Gasteiger partial charge is 0.299 e. The molecule has 0 N–H and O–H groups in total. The molecule has 1 radical (unpaired) electrons. The maximum absolute atomic E-state index is 10.6. The highest BCUT2D eigenvalue weighted by molar-refractivity contribution is 5.81. The Morgan fingerprint density at radius 2 is 2.12 bits per heavy atom. The summed E-state index contributed by atoms with van der Waals surface area (Å²) in [6.45, 7) is 0. The standard InChI is InChI=1S/C7H9O/c8-7-5-3-1-2-4-6-7/h1,3-4H,2,5-6H2. The Kier molecular flexibility index (Phi) is 1.84. The number of carbonyl (C=O) groups excluding carboxylic acids is 1. The molecule has 0 amide bonds. The van der Waals surface area contributed by atoms with E-state index in [-0.39, 0.29) is 0 Å². The van der Waals surface area contributed by atoms with Gasteiger partial charge in [0.05, 0.1) is 0 Å². The molecule has 0 spiro atoms. The van der Waals surface area contributed by atoms with E-state index in [1.807, 2.05) is 18.6 Å². The summed E-state index contributed by atoms with van der Waals surface area (Å²) in [6.07, 6.45) is 8.23. The third kappa shape index (κ3) is 1.49. The number of Topliss-reactive ketones (excluding diaryl/α,β-unsaturated/α-hetero) is 1. The van der Waals surface area contributed by atoms with Gasteiger partial charge in [0.25, 0.3) is 0 Å². The number of allylic oxidation sites excluding steroid dienone is 2. The number of carbonyl (C=O) groups is 1. The smallest absolute Gasteiger partial charge is 0.136 e. The Bertz CT molecular complexity index is 114. The fourth-order valence-corrected chi connectivity index (χ4v) is 0.735. The molecule has 0 aromatic carbocycles. The van der Waals surface area contributed by atoms with Crippen LogP contribution in [0.2, 0.25) is 0 Å². The summed E-state index contributed by atoms with van der Waals surface area (Å²) in [5.74, 6) is 0.332. The summed E-state index contributed by atoms with van der Waals surface area (Å²) in [5, 5.41) is 0. The van der Waals surface area contributed by atoms with E-state index < -0.39 is 0 Å². The minimum Gasteiger partial charge on any atom is -0.299 e. The van der Waals surface area contributed by atoms with Crippen LogP contribution in [0.1, 0.15) is 19.3 Å². The number of ketones is 1. The summed E-state index contributed by atoms with van der Waals surface area (Å²) in [4.78, 5) is 10.6. The average Bonchev–Trinajstić information content (AvgIpc) is 1.94. The molecule has 0 saturated carbocycles. The predicted octanol–water partition coefficient (Wildman–Crippen LogP) is 1.50. The first-order chi connectivity index (χ1) is 3.89. The van der Waals surface area contributed by atoms with Crippen molar-refractivity contribution in [2.24, 2.45) is 0 Å². The molecule has 8 heavy (non-hydrogen) atoms. The van der Waals surface area contributed by atoms with Crippen molar-refractivity contribution < 1.29 is 4.79 Å². The fraction of sp³-hybridized carbons (Fsp3) is 0.429. The van der Waals surface area contributed by atoms with Crippen LogP contribution in [0.5, 0.6) is 0 Å². The SMILES string of the molecule is O=C1C[CH]CC=CC1. The zero-order valence-corrected chi connectivity index (χ0v) is 4.76. The minimum absolute atomic E-state index is 0.332. The first kappa shape index (κ1) is 5.54. The Morgan fingerprint density at radius 1 is 1.25 bits per heavy atom. The van der Waals surface area contributed by atoms with E-state index in [1.54, 1.807) is 0 Å². The monoisotopic (exact) mass is 109 g/mol. The molecule has 0 aromatic heterocycles. The van der Waals surface area contributed by atoms with Gasteiger partial charge in [0, 0.05) is 12.8 Å². The Balaban J connectivity index is 2.41. The van der Waals surface area contributed by atoms with Crippen molar-refractivity contribution in [3.8, 4) is 0 Å². The van der Waals surface area contributed by atoms with Crippen LogP contribution in [0.15, 0.2) is 12.2 Å². The molecule has 1 nitrogen and oxygen atoms in total. The molecular formula is C7H9O. The lowest BCUT2D eigenvalue weighted by molar-refractivity contribution is -0.117. The quantitative estimate of drug-likeness (QED) is 0.431. The van der Waals surface area contributed by atoms with Crippen LogP contribution in [0, 0.1) is 6.42 Å². The molecular weight excluding hydrogens is 100 g/mol. The third-order valence-electron chi connectivity index (χ3n) is 1.19. The Hall–Kier alpha value is -0.590. The summed E-state index contributed by atoms with van der Waals surface area (Å²) >= 11 is 0. The Morgan fingerprint density at radius 3 is 3.00 bits per heavy atom. The first-order valence-corrected chi connectivity index (χ1v) is 2.88. The third-order valence-corrected chi connectivity index (χ3v) is 1.19. The molecule has 0 unspecified atom stereocenters. The molecule has 0 heterocycles. The highest BCUT2D eigenvalue weighted by Gasteiger charge is 2.00. The van der Waals surface area contributed by atoms with Gasteiger partial charge in [-0.1, -0.05) is 12.2 Å². The summed E-state index contributed by atoms with van der Waals surface area (Å²) in [5.41, 5.74) is 0. The van der Waals surface area contributed by atoms with Crippen molar-refractivity contribution in [1.82, 2.24) is 0 Å². The molecule has 0 saturated heterocycles. The molecule has 1 aliphatic carbocycles. The minimum atomic E-state index is 0.332. The van der Waals surface area contributed by atoms with Crippen LogP contribution in [0.4, 0.5) is 0 Å². The molecule has 1 heteroatoms. The second-order valence-corrected chi connectivity index (χ2v) is 1.94.